The first-order chi connectivity index (χ1) is 23.6. The molecule has 0 aliphatic rings. The van der Waals surface area contributed by atoms with E-state index in [0.717, 1.165) is 33.4 Å². The van der Waals surface area contributed by atoms with Crippen LogP contribution in [0.2, 0.25) is 0 Å². The summed E-state index contributed by atoms with van der Waals surface area (Å²) in [6.45, 7) is 33.9. The number of fused-ring (bicyclic) bond motifs is 1. The summed E-state index contributed by atoms with van der Waals surface area (Å²) in [5, 5.41) is 49.6. The monoisotopic (exact) mass is 757 g/mol. The van der Waals surface area contributed by atoms with Gasteiger partial charge in [-0.25, -0.2) is 0 Å². The maximum Gasteiger partial charge on any atom is 4.00 e. The van der Waals surface area contributed by atoms with Gasteiger partial charge in [-0.2, -0.15) is 0 Å². The van der Waals surface area contributed by atoms with Gasteiger partial charge in [0.05, 0.1) is 0 Å². The second-order valence-corrected chi connectivity index (χ2v) is 18.9. The van der Waals surface area contributed by atoms with Crippen molar-refractivity contribution in [3.05, 3.63) is 106 Å². The third-order valence-corrected chi connectivity index (χ3v) is 8.74. The van der Waals surface area contributed by atoms with Gasteiger partial charge in [0, 0.05) is 19.6 Å². The van der Waals surface area contributed by atoms with E-state index in [1.807, 2.05) is 0 Å². The Bertz CT molecular complexity index is 1650. The molecule has 0 spiro atoms. The minimum atomic E-state index is -0.417. The molecular weight excluding hydrogens is 690 g/mol. The van der Waals surface area contributed by atoms with Crippen LogP contribution in [0.25, 0.3) is 10.8 Å². The largest absolute Gasteiger partial charge is 4.00 e. The second kappa shape index (κ2) is 19.3. The Morgan fingerprint density at radius 3 is 1.19 bits per heavy atom. The number of rotatable bonds is 6. The molecule has 0 aliphatic carbocycles. The summed E-state index contributed by atoms with van der Waals surface area (Å²) in [6, 6.07) is 23.3. The van der Waals surface area contributed by atoms with Crippen molar-refractivity contribution in [1.82, 2.24) is 4.90 Å². The van der Waals surface area contributed by atoms with Crippen molar-refractivity contribution in [3.63, 3.8) is 0 Å². The molecule has 0 amide bonds. The average Bonchev–Trinajstić information content (AvgIpc) is 2.96. The molecule has 0 N–H and O–H groups in total. The van der Waals surface area contributed by atoms with E-state index in [2.05, 4.69) is 155 Å². The van der Waals surface area contributed by atoms with Gasteiger partial charge in [0.15, 0.2) is 0 Å². The number of hydrogen-bond acceptors (Lipinski definition) is 5. The van der Waals surface area contributed by atoms with E-state index < -0.39 is 12.2 Å². The van der Waals surface area contributed by atoms with Gasteiger partial charge in [0.1, 0.15) is 0 Å². The molecule has 5 nitrogen and oxygen atoms in total. The zero-order chi connectivity index (χ0) is 40.0. The molecule has 0 atom stereocenters. The third kappa shape index (κ3) is 14.8. The zero-order valence-corrected chi connectivity index (χ0v) is 37.3. The van der Waals surface area contributed by atoms with Crippen LogP contribution >= 0.6 is 0 Å². The molecule has 4 aromatic carbocycles. The molecule has 53 heavy (non-hydrogen) atoms. The molecule has 4 rings (SSSR count). The third-order valence-electron chi connectivity index (χ3n) is 8.74. The first kappa shape index (κ1) is 48.4. The van der Waals surface area contributed by atoms with Gasteiger partial charge in [-0.3, -0.25) is 4.90 Å². The van der Waals surface area contributed by atoms with E-state index in [1.54, 1.807) is 27.7 Å². The van der Waals surface area contributed by atoms with Gasteiger partial charge in [0.25, 0.3) is 0 Å². The Morgan fingerprint density at radius 1 is 0.491 bits per heavy atom. The molecule has 0 fully saturated rings. The summed E-state index contributed by atoms with van der Waals surface area (Å²) in [5.41, 5.74) is 6.02. The van der Waals surface area contributed by atoms with Crippen LogP contribution in [0.1, 0.15) is 150 Å². The SMILES string of the molecule is CC(C)(C)c1cc(CN(Cc2cc(C(C)(C)C)cc(C(C)(C)C)c2[O-])Cc2cccc3ccccc23)c([O-])c(C(C)(C)C)c1.CC(C)[O-].CC(C)[O-].[Ti+4]. The Hall–Kier alpha value is -2.67. The molecule has 6 heteroatoms. The predicted octanol–water partition coefficient (Wildman–Crippen LogP) is 8.89. The molecule has 0 saturated heterocycles. The molecule has 0 aliphatic heterocycles. The minimum Gasteiger partial charge on any atom is -0.872 e. The van der Waals surface area contributed by atoms with Gasteiger partial charge >= 0.3 is 21.7 Å². The molecule has 0 bridgehead atoms. The molecule has 0 heterocycles. The minimum absolute atomic E-state index is 0. The summed E-state index contributed by atoms with van der Waals surface area (Å²) in [7, 11) is 0. The number of benzene rings is 4. The van der Waals surface area contributed by atoms with Gasteiger partial charge in [-0.05, 0) is 71.4 Å². The molecule has 0 aromatic heterocycles. The molecule has 0 radical (unpaired) electrons. The normalized spacial score (nSPS) is 12.3. The molecule has 288 valence electrons. The molecule has 4 aromatic rings. The van der Waals surface area contributed by atoms with E-state index in [4.69, 9.17) is 0 Å². The topological polar surface area (TPSA) is 95.5 Å². The van der Waals surface area contributed by atoms with Gasteiger partial charge < -0.3 is 20.4 Å². The maximum absolute atomic E-state index is 14.1. The van der Waals surface area contributed by atoms with Crippen LogP contribution in [0.5, 0.6) is 11.5 Å². The Balaban J connectivity index is 0.00000142. The van der Waals surface area contributed by atoms with Crippen molar-refractivity contribution in [2.45, 2.75) is 164 Å². The quantitative estimate of drug-likeness (QED) is 0.183. The first-order valence-electron chi connectivity index (χ1n) is 18.8. The Morgan fingerprint density at radius 2 is 0.830 bits per heavy atom. The van der Waals surface area contributed by atoms with Crippen LogP contribution in [0.15, 0.2) is 66.7 Å². The number of hydrogen-bond donors (Lipinski definition) is 0. The van der Waals surface area contributed by atoms with Crippen molar-refractivity contribution in [2.75, 3.05) is 0 Å². The van der Waals surface area contributed by atoms with Crippen molar-refractivity contribution >= 4 is 10.8 Å². The van der Waals surface area contributed by atoms with Crippen molar-refractivity contribution in [2.24, 2.45) is 0 Å². The van der Waals surface area contributed by atoms with E-state index >= 15 is 0 Å². The maximum atomic E-state index is 14.1. The zero-order valence-electron chi connectivity index (χ0n) is 35.7. The molecule has 0 unspecified atom stereocenters. The summed E-state index contributed by atoms with van der Waals surface area (Å²) in [6.07, 6.45) is -0.833. The standard InChI is InChI=1S/C41H55NO2.2C3H7O.Ti/c1-38(2,3)31-20-29(36(43)34(22-31)40(7,8)9)25-42(24-28-18-15-17-27-16-13-14-19-33(27)28)26-30-21-32(39(4,5)6)23-35(37(30)44)41(10,11)12;2*1-3(2)4;/h13-23,43-44H,24-26H2,1-12H3;2*3H,1-2H3;/q;2*-1;+4/p-2. The van der Waals surface area contributed by atoms with Crippen LogP contribution in [0.4, 0.5) is 0 Å². The Kier molecular flexibility index (Phi) is 17.6. The smallest absolute Gasteiger partial charge is 0.872 e. The van der Waals surface area contributed by atoms with Crippen molar-refractivity contribution < 1.29 is 42.1 Å². The van der Waals surface area contributed by atoms with Crippen LogP contribution in [-0.4, -0.2) is 17.1 Å². The summed E-state index contributed by atoms with van der Waals surface area (Å²) < 4.78 is 0. The van der Waals surface area contributed by atoms with E-state index in [0.29, 0.717) is 19.6 Å². The fraction of sp³-hybridized carbons (Fsp3) is 0.532. The second-order valence-electron chi connectivity index (χ2n) is 18.9. The van der Waals surface area contributed by atoms with Crippen molar-refractivity contribution in [3.8, 4) is 11.5 Å². The van der Waals surface area contributed by atoms with Crippen LogP contribution in [-0.2, 0) is 63.0 Å². The molecule has 0 saturated carbocycles. The van der Waals surface area contributed by atoms with Crippen molar-refractivity contribution in [1.29, 1.82) is 0 Å². The van der Waals surface area contributed by atoms with Gasteiger partial charge in [-0.15, -0.1) is 23.7 Å². The first-order valence-corrected chi connectivity index (χ1v) is 18.8. The molecular formula is C47H67NO4Ti. The fourth-order valence-corrected chi connectivity index (χ4v) is 5.91. The fourth-order valence-electron chi connectivity index (χ4n) is 5.91. The van der Waals surface area contributed by atoms with Crippen LogP contribution in [0, 0.1) is 0 Å². The van der Waals surface area contributed by atoms with E-state index in [1.165, 1.54) is 16.3 Å². The van der Waals surface area contributed by atoms with E-state index in [-0.39, 0.29) is 54.9 Å². The predicted molar refractivity (Wildman–Crippen MR) is 214 cm³/mol. The summed E-state index contributed by atoms with van der Waals surface area (Å²) in [5.74, 6) is 0.212. The summed E-state index contributed by atoms with van der Waals surface area (Å²) in [4.78, 5) is 2.30. The van der Waals surface area contributed by atoms with Gasteiger partial charge in [-0.1, -0.05) is 178 Å². The van der Waals surface area contributed by atoms with E-state index in [9.17, 15) is 20.4 Å². The summed E-state index contributed by atoms with van der Waals surface area (Å²) >= 11 is 0. The van der Waals surface area contributed by atoms with Crippen LogP contribution in [0.3, 0.4) is 0 Å². The Labute approximate surface area is 337 Å². The average molecular weight is 758 g/mol. The number of nitrogens with zero attached hydrogens (tertiary/aromatic N) is 1. The van der Waals surface area contributed by atoms with Crippen LogP contribution < -0.4 is 20.4 Å². The van der Waals surface area contributed by atoms with Gasteiger partial charge in [0.2, 0.25) is 0 Å².